The van der Waals surface area contributed by atoms with Crippen LogP contribution in [0, 0.1) is 0 Å². The van der Waals surface area contributed by atoms with Crippen molar-refractivity contribution >= 4 is 17.3 Å². The molecule has 2 rings (SSSR count). The number of benzene rings is 2. The van der Waals surface area contributed by atoms with Crippen molar-refractivity contribution in [2.75, 3.05) is 24.8 Å². The van der Waals surface area contributed by atoms with E-state index < -0.39 is 0 Å². The molecule has 0 aliphatic heterocycles. The molecule has 0 aliphatic carbocycles. The lowest BCUT2D eigenvalue weighted by molar-refractivity contribution is -0.118. The molecule has 25 heavy (non-hydrogen) atoms. The second kappa shape index (κ2) is 7.92. The van der Waals surface area contributed by atoms with Gasteiger partial charge in [-0.05, 0) is 47.7 Å². The molecule has 0 saturated carbocycles. The monoisotopic (exact) mass is 342 g/mol. The Morgan fingerprint density at radius 2 is 1.84 bits per heavy atom. The summed E-state index contributed by atoms with van der Waals surface area (Å²) in [6.07, 6.45) is 1.05. The van der Waals surface area contributed by atoms with Gasteiger partial charge in [0.2, 0.25) is 0 Å². The molecule has 0 radical (unpaired) electrons. The lowest BCUT2D eigenvalue weighted by Crippen LogP contribution is -2.20. The van der Waals surface area contributed by atoms with Gasteiger partial charge in [-0.2, -0.15) is 0 Å². The number of amides is 1. The predicted octanol–water partition coefficient (Wildman–Crippen LogP) is 3.98. The molecule has 2 aromatic carbocycles. The lowest BCUT2D eigenvalue weighted by Gasteiger charge is -2.23. The van der Waals surface area contributed by atoms with Crippen molar-refractivity contribution in [3.05, 3.63) is 48.0 Å². The van der Waals surface area contributed by atoms with Crippen LogP contribution in [-0.2, 0) is 10.2 Å². The van der Waals surface area contributed by atoms with E-state index >= 15 is 0 Å². The van der Waals surface area contributed by atoms with Crippen LogP contribution in [-0.4, -0.2) is 19.6 Å². The van der Waals surface area contributed by atoms with Crippen molar-refractivity contribution in [2.45, 2.75) is 32.6 Å². The number of carbonyl (C=O) groups is 1. The summed E-state index contributed by atoms with van der Waals surface area (Å²) in [5.74, 6) is 0.931. The Balaban J connectivity index is 1.95. The van der Waals surface area contributed by atoms with Gasteiger partial charge in [0.05, 0.1) is 12.8 Å². The fourth-order valence-corrected chi connectivity index (χ4v) is 2.36. The third-order valence-corrected chi connectivity index (χ3v) is 4.39. The first-order chi connectivity index (χ1) is 11.9. The highest BCUT2D eigenvalue weighted by atomic mass is 16.5. The maximum atomic E-state index is 12.1. The Morgan fingerprint density at radius 1 is 1.16 bits per heavy atom. The molecule has 0 spiro atoms. The number of methoxy groups -OCH3 is 1. The van der Waals surface area contributed by atoms with Crippen LogP contribution in [0.25, 0.3) is 0 Å². The first kappa shape index (κ1) is 18.6. The Morgan fingerprint density at radius 3 is 2.44 bits per heavy atom. The SMILES string of the molecule is CCC(C)(C)c1ccc(OCC(=O)Nc2cc(N)ccc2OC)cc1. The molecule has 0 heterocycles. The molecule has 3 N–H and O–H groups in total. The van der Waals surface area contributed by atoms with Crippen LogP contribution in [0.15, 0.2) is 42.5 Å². The number of ether oxygens (including phenoxy) is 2. The van der Waals surface area contributed by atoms with Crippen LogP contribution in [0.5, 0.6) is 11.5 Å². The summed E-state index contributed by atoms with van der Waals surface area (Å²) in [7, 11) is 1.54. The van der Waals surface area contributed by atoms with E-state index in [1.807, 2.05) is 24.3 Å². The molecule has 1 amide bonds. The van der Waals surface area contributed by atoms with Gasteiger partial charge >= 0.3 is 0 Å². The summed E-state index contributed by atoms with van der Waals surface area (Å²) >= 11 is 0. The first-order valence-electron chi connectivity index (χ1n) is 8.32. The highest BCUT2D eigenvalue weighted by Gasteiger charge is 2.17. The molecule has 0 saturated heterocycles. The van der Waals surface area contributed by atoms with Crippen LogP contribution in [0.1, 0.15) is 32.8 Å². The van der Waals surface area contributed by atoms with E-state index in [0.717, 1.165) is 6.42 Å². The highest BCUT2D eigenvalue weighted by molar-refractivity contribution is 5.93. The predicted molar refractivity (Wildman–Crippen MR) is 101 cm³/mol. The molecule has 0 unspecified atom stereocenters. The van der Waals surface area contributed by atoms with Gasteiger partial charge in [0.1, 0.15) is 11.5 Å². The van der Waals surface area contributed by atoms with Gasteiger partial charge < -0.3 is 20.5 Å². The van der Waals surface area contributed by atoms with E-state index in [1.54, 1.807) is 18.2 Å². The third kappa shape index (κ3) is 4.89. The fourth-order valence-electron chi connectivity index (χ4n) is 2.36. The molecule has 0 aliphatic rings. The van der Waals surface area contributed by atoms with E-state index in [4.69, 9.17) is 15.2 Å². The number of nitrogen functional groups attached to an aromatic ring is 1. The van der Waals surface area contributed by atoms with Gasteiger partial charge in [0.25, 0.3) is 5.91 Å². The number of hydrogen-bond acceptors (Lipinski definition) is 4. The fraction of sp³-hybridized carbons (Fsp3) is 0.350. The second-order valence-electron chi connectivity index (χ2n) is 6.56. The highest BCUT2D eigenvalue weighted by Crippen LogP contribution is 2.28. The van der Waals surface area contributed by atoms with Gasteiger partial charge in [0, 0.05) is 5.69 Å². The second-order valence-corrected chi connectivity index (χ2v) is 6.56. The van der Waals surface area contributed by atoms with Crippen molar-refractivity contribution in [3.8, 4) is 11.5 Å². The minimum Gasteiger partial charge on any atom is -0.495 e. The lowest BCUT2D eigenvalue weighted by atomic mass is 9.82. The molecule has 0 bridgehead atoms. The number of nitrogens with one attached hydrogen (secondary N) is 1. The van der Waals surface area contributed by atoms with Crippen LogP contribution < -0.4 is 20.5 Å². The van der Waals surface area contributed by atoms with Crippen molar-refractivity contribution < 1.29 is 14.3 Å². The van der Waals surface area contributed by atoms with E-state index in [-0.39, 0.29) is 17.9 Å². The zero-order chi connectivity index (χ0) is 18.4. The molecule has 5 heteroatoms. The summed E-state index contributed by atoms with van der Waals surface area (Å²) in [6, 6.07) is 12.9. The van der Waals surface area contributed by atoms with Crippen LogP contribution in [0.3, 0.4) is 0 Å². The van der Waals surface area contributed by atoms with E-state index in [2.05, 4.69) is 26.1 Å². The first-order valence-corrected chi connectivity index (χ1v) is 8.32. The average molecular weight is 342 g/mol. The van der Waals surface area contributed by atoms with E-state index in [9.17, 15) is 4.79 Å². The summed E-state index contributed by atoms with van der Waals surface area (Å²) in [6.45, 7) is 6.48. The molecular weight excluding hydrogens is 316 g/mol. The van der Waals surface area contributed by atoms with Gasteiger partial charge in [-0.25, -0.2) is 0 Å². The van der Waals surface area contributed by atoms with Gasteiger partial charge in [-0.3, -0.25) is 4.79 Å². The minimum atomic E-state index is -0.276. The zero-order valence-corrected chi connectivity index (χ0v) is 15.3. The van der Waals surface area contributed by atoms with E-state index in [1.165, 1.54) is 12.7 Å². The van der Waals surface area contributed by atoms with Crippen molar-refractivity contribution in [3.63, 3.8) is 0 Å². The van der Waals surface area contributed by atoms with Crippen molar-refractivity contribution in [2.24, 2.45) is 0 Å². The molecule has 0 atom stereocenters. The quantitative estimate of drug-likeness (QED) is 0.746. The van der Waals surface area contributed by atoms with Gasteiger partial charge in [-0.15, -0.1) is 0 Å². The maximum Gasteiger partial charge on any atom is 0.262 e. The summed E-state index contributed by atoms with van der Waals surface area (Å²) in [4.78, 5) is 12.1. The number of nitrogens with two attached hydrogens (primary N) is 1. The Kier molecular flexibility index (Phi) is 5.91. The molecule has 2 aromatic rings. The Labute approximate surface area is 149 Å². The normalized spacial score (nSPS) is 11.0. The summed E-state index contributed by atoms with van der Waals surface area (Å²) in [5.41, 5.74) is 8.19. The largest absolute Gasteiger partial charge is 0.495 e. The van der Waals surface area contributed by atoms with Crippen molar-refractivity contribution in [1.82, 2.24) is 0 Å². The van der Waals surface area contributed by atoms with Crippen LogP contribution >= 0.6 is 0 Å². The molecule has 134 valence electrons. The summed E-state index contributed by atoms with van der Waals surface area (Å²) < 4.78 is 10.8. The minimum absolute atomic E-state index is 0.0888. The van der Waals surface area contributed by atoms with Crippen molar-refractivity contribution in [1.29, 1.82) is 0 Å². The standard InChI is InChI=1S/C20H26N2O3/c1-5-20(2,3)14-6-9-16(10-7-14)25-13-19(23)22-17-12-15(21)8-11-18(17)24-4/h6-12H,5,13,21H2,1-4H3,(H,22,23). The maximum absolute atomic E-state index is 12.1. The van der Waals surface area contributed by atoms with Crippen LogP contribution in [0.2, 0.25) is 0 Å². The molecule has 5 nitrogen and oxygen atoms in total. The van der Waals surface area contributed by atoms with Gasteiger partial charge in [-0.1, -0.05) is 32.9 Å². The third-order valence-electron chi connectivity index (χ3n) is 4.39. The number of rotatable bonds is 7. The zero-order valence-electron chi connectivity index (χ0n) is 15.3. The smallest absolute Gasteiger partial charge is 0.262 e. The number of anilines is 2. The Bertz CT molecular complexity index is 724. The van der Waals surface area contributed by atoms with E-state index in [0.29, 0.717) is 22.9 Å². The summed E-state index contributed by atoms with van der Waals surface area (Å²) in [5, 5.41) is 2.75. The number of hydrogen-bond donors (Lipinski definition) is 2. The molecule has 0 fully saturated rings. The van der Waals surface area contributed by atoms with Crippen LogP contribution in [0.4, 0.5) is 11.4 Å². The average Bonchev–Trinajstić information content (AvgIpc) is 2.60. The van der Waals surface area contributed by atoms with Gasteiger partial charge in [0.15, 0.2) is 6.61 Å². The molecule has 0 aromatic heterocycles. The topological polar surface area (TPSA) is 73.6 Å². The Hall–Kier alpha value is -2.69. The molecular formula is C20H26N2O3. The number of carbonyl (C=O) groups excluding carboxylic acids is 1.